The number of hydrogen-bond donors (Lipinski definition) is 3. The number of carbonyl (C=O) groups excluding carboxylic acids is 1. The number of fused-ring (bicyclic) bond motifs is 1. The van der Waals surface area contributed by atoms with E-state index < -0.39 is 29.1 Å². The lowest BCUT2D eigenvalue weighted by molar-refractivity contribution is -0.252. The number of aliphatic hydroxyl groups is 2. The number of carbonyl (C=O) groups is 1. The highest BCUT2D eigenvalue weighted by atomic mass is 19.4. The molecule has 3 N–H and O–H groups in total. The number of anilines is 1. The van der Waals surface area contributed by atoms with Crippen LogP contribution in [0.15, 0.2) is 66.7 Å². The SMILES string of the molecule is CCn1c(C(O)(c2ccc(CO)cc2)C(F)(F)F)nc2ccc(C(=O)Nc3cccc(C)c3)cc21. The molecule has 6 nitrogen and oxygen atoms in total. The topological polar surface area (TPSA) is 87.4 Å². The molecule has 4 aromatic rings. The van der Waals surface area contributed by atoms with E-state index in [1.54, 1.807) is 25.1 Å². The van der Waals surface area contributed by atoms with E-state index in [0.717, 1.165) is 17.7 Å². The predicted octanol–water partition coefficient (Wildman–Crippen LogP) is 4.91. The van der Waals surface area contributed by atoms with Crippen molar-refractivity contribution in [3.63, 3.8) is 0 Å². The Morgan fingerprint density at radius 3 is 2.37 bits per heavy atom. The molecular weight excluding hydrogens is 459 g/mol. The molecule has 1 heterocycles. The van der Waals surface area contributed by atoms with Gasteiger partial charge in [0.25, 0.3) is 5.91 Å². The molecule has 3 aromatic carbocycles. The second-order valence-corrected chi connectivity index (χ2v) is 8.27. The second kappa shape index (κ2) is 9.16. The summed E-state index contributed by atoms with van der Waals surface area (Å²) in [4.78, 5) is 17.0. The molecule has 0 spiro atoms. The number of halogens is 3. The summed E-state index contributed by atoms with van der Waals surface area (Å²) >= 11 is 0. The van der Waals surface area contributed by atoms with E-state index >= 15 is 0 Å². The molecule has 9 heteroatoms. The van der Waals surface area contributed by atoms with Gasteiger partial charge in [-0.05, 0) is 55.3 Å². The lowest BCUT2D eigenvalue weighted by atomic mass is 9.91. The first kappa shape index (κ1) is 24.4. The van der Waals surface area contributed by atoms with E-state index in [-0.39, 0.29) is 29.7 Å². The molecule has 1 aromatic heterocycles. The Kier molecular flexibility index (Phi) is 6.40. The van der Waals surface area contributed by atoms with Crippen molar-refractivity contribution in [3.05, 3.63) is 94.8 Å². The number of imidazole rings is 1. The molecular formula is C26H24F3N3O3. The fraction of sp³-hybridized carbons (Fsp3) is 0.231. The maximum absolute atomic E-state index is 14.4. The number of amides is 1. The Labute approximate surface area is 199 Å². The summed E-state index contributed by atoms with van der Waals surface area (Å²) in [5, 5.41) is 23.1. The van der Waals surface area contributed by atoms with Gasteiger partial charge in [-0.3, -0.25) is 4.79 Å². The quantitative estimate of drug-likeness (QED) is 0.364. The normalized spacial score (nSPS) is 13.6. The first-order chi connectivity index (χ1) is 16.6. The summed E-state index contributed by atoms with van der Waals surface area (Å²) in [7, 11) is 0. The summed E-state index contributed by atoms with van der Waals surface area (Å²) in [5.74, 6) is -1.02. The smallest absolute Gasteiger partial charge is 0.392 e. The Morgan fingerprint density at radius 1 is 1.06 bits per heavy atom. The molecule has 0 fully saturated rings. The number of hydrogen-bond acceptors (Lipinski definition) is 4. The first-order valence-corrected chi connectivity index (χ1v) is 11.0. The number of aliphatic hydroxyl groups excluding tert-OH is 1. The van der Waals surface area contributed by atoms with Crippen molar-refractivity contribution >= 4 is 22.6 Å². The molecule has 0 aliphatic carbocycles. The first-order valence-electron chi connectivity index (χ1n) is 11.0. The van der Waals surface area contributed by atoms with Crippen LogP contribution in [0.3, 0.4) is 0 Å². The zero-order chi connectivity index (χ0) is 25.4. The van der Waals surface area contributed by atoms with Crippen molar-refractivity contribution in [2.75, 3.05) is 5.32 Å². The van der Waals surface area contributed by atoms with E-state index in [4.69, 9.17) is 0 Å². The van der Waals surface area contributed by atoms with Crippen molar-refractivity contribution in [3.8, 4) is 0 Å². The van der Waals surface area contributed by atoms with Crippen molar-refractivity contribution in [2.24, 2.45) is 0 Å². The molecule has 1 unspecified atom stereocenters. The Morgan fingerprint density at radius 2 is 1.77 bits per heavy atom. The van der Waals surface area contributed by atoms with Gasteiger partial charge in [0, 0.05) is 23.4 Å². The third-order valence-corrected chi connectivity index (χ3v) is 5.89. The fourth-order valence-electron chi connectivity index (χ4n) is 4.06. The molecule has 1 atom stereocenters. The maximum atomic E-state index is 14.4. The Bertz CT molecular complexity index is 1380. The Hall–Kier alpha value is -3.69. The van der Waals surface area contributed by atoms with Crippen LogP contribution in [0.1, 0.15) is 39.8 Å². The summed E-state index contributed by atoms with van der Waals surface area (Å²) in [6.45, 7) is 3.26. The van der Waals surface area contributed by atoms with Crippen molar-refractivity contribution < 1.29 is 28.2 Å². The minimum Gasteiger partial charge on any atom is -0.392 e. The van der Waals surface area contributed by atoms with Crippen LogP contribution in [0.4, 0.5) is 18.9 Å². The van der Waals surface area contributed by atoms with Gasteiger partial charge < -0.3 is 20.1 Å². The average molecular weight is 483 g/mol. The van der Waals surface area contributed by atoms with Crippen LogP contribution in [0.2, 0.25) is 0 Å². The number of nitrogens with zero attached hydrogens (tertiary/aromatic N) is 2. The second-order valence-electron chi connectivity index (χ2n) is 8.27. The van der Waals surface area contributed by atoms with Crippen LogP contribution < -0.4 is 5.32 Å². The molecule has 0 radical (unpaired) electrons. The van der Waals surface area contributed by atoms with Crippen molar-refractivity contribution in [1.29, 1.82) is 0 Å². The van der Waals surface area contributed by atoms with Gasteiger partial charge >= 0.3 is 6.18 Å². The summed E-state index contributed by atoms with van der Waals surface area (Å²) in [6, 6.07) is 16.5. The minimum atomic E-state index is -5.09. The summed E-state index contributed by atoms with van der Waals surface area (Å²) < 4.78 is 44.4. The van der Waals surface area contributed by atoms with Gasteiger partial charge in [0.1, 0.15) is 0 Å². The predicted molar refractivity (Wildman–Crippen MR) is 126 cm³/mol. The van der Waals surface area contributed by atoms with Crippen LogP contribution in [0, 0.1) is 6.92 Å². The molecule has 35 heavy (non-hydrogen) atoms. The highest BCUT2D eigenvalue weighted by Crippen LogP contribution is 2.44. The van der Waals surface area contributed by atoms with Gasteiger partial charge in [-0.15, -0.1) is 0 Å². The van der Waals surface area contributed by atoms with E-state index in [1.807, 2.05) is 13.0 Å². The van der Waals surface area contributed by atoms with Gasteiger partial charge in [-0.2, -0.15) is 13.2 Å². The third-order valence-electron chi connectivity index (χ3n) is 5.89. The Balaban J connectivity index is 1.82. The molecule has 182 valence electrons. The molecule has 0 saturated carbocycles. The minimum absolute atomic E-state index is 0.0713. The summed E-state index contributed by atoms with van der Waals surface area (Å²) in [5.41, 5.74) is -1.13. The number of aromatic nitrogens is 2. The molecule has 0 aliphatic heterocycles. The number of alkyl halides is 3. The molecule has 0 bridgehead atoms. The van der Waals surface area contributed by atoms with Crippen LogP contribution >= 0.6 is 0 Å². The maximum Gasteiger partial charge on any atom is 0.428 e. The van der Waals surface area contributed by atoms with E-state index in [9.17, 15) is 28.2 Å². The van der Waals surface area contributed by atoms with Crippen LogP contribution in [0.25, 0.3) is 11.0 Å². The standard InChI is InChI=1S/C26H24F3N3O3/c1-3-32-22-14-18(23(34)30-20-6-4-5-16(2)13-20)9-12-21(22)31-24(32)25(35,26(27,28)29)19-10-7-17(15-33)8-11-19/h4-14,33,35H,3,15H2,1-2H3,(H,30,34). The molecule has 0 aliphatic rings. The highest BCUT2D eigenvalue weighted by molar-refractivity contribution is 6.06. The highest BCUT2D eigenvalue weighted by Gasteiger charge is 2.59. The number of rotatable bonds is 6. The molecule has 4 rings (SSSR count). The lowest BCUT2D eigenvalue weighted by Crippen LogP contribution is -2.45. The molecule has 1 amide bonds. The van der Waals surface area contributed by atoms with E-state index in [0.29, 0.717) is 11.3 Å². The monoisotopic (exact) mass is 483 g/mol. The zero-order valence-corrected chi connectivity index (χ0v) is 19.1. The lowest BCUT2D eigenvalue weighted by Gasteiger charge is -2.31. The fourth-order valence-corrected chi connectivity index (χ4v) is 4.06. The number of aryl methyl sites for hydroxylation is 2. The third kappa shape index (κ3) is 4.40. The zero-order valence-electron chi connectivity index (χ0n) is 19.1. The summed E-state index contributed by atoms with van der Waals surface area (Å²) in [6.07, 6.45) is -5.09. The van der Waals surface area contributed by atoms with E-state index in [2.05, 4.69) is 10.3 Å². The van der Waals surface area contributed by atoms with Crippen LogP contribution in [-0.2, 0) is 18.8 Å². The number of nitrogens with one attached hydrogen (secondary N) is 1. The van der Waals surface area contributed by atoms with Crippen LogP contribution in [0.5, 0.6) is 0 Å². The van der Waals surface area contributed by atoms with Crippen molar-refractivity contribution in [2.45, 2.75) is 38.8 Å². The van der Waals surface area contributed by atoms with Gasteiger partial charge in [0.2, 0.25) is 5.60 Å². The number of benzene rings is 3. The van der Waals surface area contributed by atoms with Gasteiger partial charge in [0.15, 0.2) is 5.82 Å². The van der Waals surface area contributed by atoms with Gasteiger partial charge in [-0.25, -0.2) is 4.98 Å². The van der Waals surface area contributed by atoms with Gasteiger partial charge in [-0.1, -0.05) is 36.4 Å². The van der Waals surface area contributed by atoms with Crippen LogP contribution in [-0.4, -0.2) is 31.8 Å². The average Bonchev–Trinajstić information content (AvgIpc) is 3.21. The van der Waals surface area contributed by atoms with E-state index in [1.165, 1.54) is 34.9 Å². The molecule has 0 saturated heterocycles. The van der Waals surface area contributed by atoms with Gasteiger partial charge in [0.05, 0.1) is 17.6 Å². The largest absolute Gasteiger partial charge is 0.428 e. The van der Waals surface area contributed by atoms with Crippen molar-refractivity contribution in [1.82, 2.24) is 9.55 Å².